The van der Waals surface area contributed by atoms with Crippen LogP contribution >= 0.6 is 0 Å². The minimum Gasteiger partial charge on any atom is -0.309 e. The van der Waals surface area contributed by atoms with Gasteiger partial charge >= 0.3 is 0 Å². The first kappa shape index (κ1) is 29.5. The van der Waals surface area contributed by atoms with E-state index in [4.69, 9.17) is 0 Å². The zero-order valence-electron chi connectivity index (χ0n) is 28.7. The van der Waals surface area contributed by atoms with Crippen LogP contribution < -0.4 is 0 Å². The summed E-state index contributed by atoms with van der Waals surface area (Å²) in [5.74, 6) is 0. The number of benzene rings is 9. The molecule has 51 heavy (non-hydrogen) atoms. The van der Waals surface area contributed by atoms with E-state index in [9.17, 15) is 0 Å². The van der Waals surface area contributed by atoms with E-state index in [1.54, 1.807) is 0 Å². The van der Waals surface area contributed by atoms with Crippen LogP contribution in [0.2, 0.25) is 0 Å². The summed E-state index contributed by atoms with van der Waals surface area (Å²) < 4.78 is 2.43. The lowest BCUT2D eigenvalue weighted by Crippen LogP contribution is -1.94. The van der Waals surface area contributed by atoms with Gasteiger partial charge in [0.15, 0.2) is 0 Å². The van der Waals surface area contributed by atoms with E-state index >= 15 is 0 Å². The van der Waals surface area contributed by atoms with Gasteiger partial charge in [0.2, 0.25) is 0 Å². The molecule has 1 heteroatoms. The maximum Gasteiger partial charge on any atom is 0.0541 e. The summed E-state index contributed by atoms with van der Waals surface area (Å²) in [7, 11) is 0. The Bertz CT molecular complexity index is 2960. The summed E-state index contributed by atoms with van der Waals surface area (Å²) in [6.07, 6.45) is 0. The topological polar surface area (TPSA) is 4.93 Å². The monoisotopic (exact) mass is 649 g/mol. The fraction of sp³-hybridized carbons (Fsp3) is 0.0400. The van der Waals surface area contributed by atoms with Crippen LogP contribution in [0.3, 0.4) is 0 Å². The lowest BCUT2D eigenvalue weighted by atomic mass is 9.92. The molecule has 10 aromatic rings. The molecule has 0 unspecified atom stereocenters. The maximum absolute atomic E-state index is 2.43. The molecule has 0 bridgehead atoms. The Morgan fingerprint density at radius 3 is 1.55 bits per heavy atom. The van der Waals surface area contributed by atoms with Gasteiger partial charge in [-0.2, -0.15) is 0 Å². The third-order valence-corrected chi connectivity index (χ3v) is 10.9. The van der Waals surface area contributed by atoms with Gasteiger partial charge in [0.1, 0.15) is 0 Å². The van der Waals surface area contributed by atoms with E-state index in [2.05, 4.69) is 194 Å². The van der Waals surface area contributed by atoms with Crippen LogP contribution in [0.5, 0.6) is 0 Å². The van der Waals surface area contributed by atoms with Crippen LogP contribution in [0.25, 0.3) is 93.2 Å². The van der Waals surface area contributed by atoms with Crippen molar-refractivity contribution >= 4 is 54.1 Å². The predicted octanol–water partition coefficient (Wildman–Crippen LogP) is 13.9. The highest BCUT2D eigenvalue weighted by molar-refractivity contribution is 6.25. The number of rotatable bonds is 4. The molecule has 1 aromatic heterocycles. The van der Waals surface area contributed by atoms with Crippen molar-refractivity contribution in [2.75, 3.05) is 0 Å². The molecule has 0 radical (unpaired) electrons. The third kappa shape index (κ3) is 4.70. The highest BCUT2D eigenvalue weighted by Gasteiger charge is 2.16. The third-order valence-electron chi connectivity index (χ3n) is 10.9. The molecule has 240 valence electrons. The molecule has 9 aromatic carbocycles. The Kier molecular flexibility index (Phi) is 6.69. The van der Waals surface area contributed by atoms with Crippen molar-refractivity contribution in [2.45, 2.75) is 13.8 Å². The summed E-state index contributed by atoms with van der Waals surface area (Å²) >= 11 is 0. The van der Waals surface area contributed by atoms with Gasteiger partial charge < -0.3 is 4.57 Å². The zero-order chi connectivity index (χ0) is 34.1. The molecule has 0 spiro atoms. The van der Waals surface area contributed by atoms with Crippen molar-refractivity contribution < 1.29 is 0 Å². The second kappa shape index (κ2) is 11.6. The SMILES string of the molecule is Cc1ccccc1-c1cc(-c2ccc3c(c2)c2ccccc2n3-c2cccc(-c3ccc4c5ccccc5c5ccccc5c4c3)c2)ccc1C. The first-order valence-corrected chi connectivity index (χ1v) is 17.8. The molecule has 0 saturated carbocycles. The molecule has 0 aliphatic carbocycles. The summed E-state index contributed by atoms with van der Waals surface area (Å²) in [6, 6.07) is 64.9. The molecule has 0 amide bonds. The molecule has 1 nitrogen and oxygen atoms in total. The summed E-state index contributed by atoms with van der Waals surface area (Å²) in [4.78, 5) is 0. The number of nitrogens with zero attached hydrogens (tertiary/aromatic N) is 1. The first-order chi connectivity index (χ1) is 25.1. The Morgan fingerprint density at radius 2 is 0.804 bits per heavy atom. The van der Waals surface area contributed by atoms with Crippen molar-refractivity contribution in [1.82, 2.24) is 4.57 Å². The second-order valence-electron chi connectivity index (χ2n) is 13.8. The predicted molar refractivity (Wildman–Crippen MR) is 219 cm³/mol. The Labute approximate surface area is 297 Å². The molecule has 0 aliphatic rings. The highest BCUT2D eigenvalue weighted by atomic mass is 15.0. The van der Waals surface area contributed by atoms with E-state index < -0.39 is 0 Å². The molecular weight excluding hydrogens is 615 g/mol. The zero-order valence-corrected chi connectivity index (χ0v) is 28.7. The molecular formula is C50H35N. The summed E-state index contributed by atoms with van der Waals surface area (Å²) in [5.41, 5.74) is 13.6. The quantitative estimate of drug-likeness (QED) is 0.167. The normalized spacial score (nSPS) is 11.7. The molecule has 0 aliphatic heterocycles. The fourth-order valence-corrected chi connectivity index (χ4v) is 8.31. The Hall–Kier alpha value is -6.44. The number of hydrogen-bond donors (Lipinski definition) is 0. The van der Waals surface area contributed by atoms with Gasteiger partial charge in [-0.1, -0.05) is 133 Å². The average Bonchev–Trinajstić information content (AvgIpc) is 3.52. The molecule has 0 saturated heterocycles. The van der Waals surface area contributed by atoms with Crippen LogP contribution in [0, 0.1) is 13.8 Å². The van der Waals surface area contributed by atoms with Crippen LogP contribution in [0.1, 0.15) is 11.1 Å². The number of aromatic nitrogens is 1. The number of hydrogen-bond acceptors (Lipinski definition) is 0. The highest BCUT2D eigenvalue weighted by Crippen LogP contribution is 2.40. The van der Waals surface area contributed by atoms with E-state index in [1.807, 2.05) is 0 Å². The van der Waals surface area contributed by atoms with Crippen LogP contribution in [-0.4, -0.2) is 4.57 Å². The van der Waals surface area contributed by atoms with Gasteiger partial charge in [0.25, 0.3) is 0 Å². The van der Waals surface area contributed by atoms with Crippen molar-refractivity contribution in [3.05, 3.63) is 187 Å². The van der Waals surface area contributed by atoms with Gasteiger partial charge in [-0.3, -0.25) is 0 Å². The molecule has 0 fully saturated rings. The lowest BCUT2D eigenvalue weighted by molar-refractivity contribution is 1.18. The van der Waals surface area contributed by atoms with Crippen molar-refractivity contribution in [1.29, 1.82) is 0 Å². The van der Waals surface area contributed by atoms with Crippen molar-refractivity contribution in [3.63, 3.8) is 0 Å². The average molecular weight is 650 g/mol. The summed E-state index contributed by atoms with van der Waals surface area (Å²) in [5, 5.41) is 10.3. The minimum atomic E-state index is 1.16. The van der Waals surface area contributed by atoms with Crippen molar-refractivity contribution in [3.8, 4) is 39.1 Å². The minimum absolute atomic E-state index is 1.16. The van der Waals surface area contributed by atoms with Crippen LogP contribution in [0.15, 0.2) is 176 Å². The Balaban J connectivity index is 1.12. The fourth-order valence-electron chi connectivity index (χ4n) is 8.31. The largest absolute Gasteiger partial charge is 0.309 e. The molecule has 10 rings (SSSR count). The number of fused-ring (bicyclic) bond motifs is 9. The van der Waals surface area contributed by atoms with E-state index in [1.165, 1.54) is 98.6 Å². The summed E-state index contributed by atoms with van der Waals surface area (Å²) in [6.45, 7) is 4.40. The van der Waals surface area contributed by atoms with E-state index in [0.717, 1.165) is 5.69 Å². The van der Waals surface area contributed by atoms with E-state index in [-0.39, 0.29) is 0 Å². The second-order valence-corrected chi connectivity index (χ2v) is 13.8. The lowest BCUT2D eigenvalue weighted by Gasteiger charge is -2.14. The molecule has 0 atom stereocenters. The molecule has 0 N–H and O–H groups in total. The first-order valence-electron chi connectivity index (χ1n) is 17.8. The standard InChI is InChI=1S/C50H35N/c1-32-12-3-4-15-39(32)46-29-35(23-22-33(46)2)37-25-27-50-48(31-37)45-20-9-10-21-49(45)51(50)38-14-11-13-34(28-38)36-24-26-44-42-18-6-5-16-40(42)41-17-7-8-19-43(41)47(44)30-36/h3-31H,1-2H3. The van der Waals surface area contributed by atoms with Gasteiger partial charge in [-0.25, -0.2) is 0 Å². The number of aryl methyl sites for hydroxylation is 2. The Morgan fingerprint density at radius 1 is 0.294 bits per heavy atom. The van der Waals surface area contributed by atoms with Crippen LogP contribution in [-0.2, 0) is 0 Å². The van der Waals surface area contributed by atoms with Gasteiger partial charge in [0, 0.05) is 16.5 Å². The van der Waals surface area contributed by atoms with E-state index in [0.29, 0.717) is 0 Å². The van der Waals surface area contributed by atoms with Gasteiger partial charge in [0.05, 0.1) is 11.0 Å². The maximum atomic E-state index is 2.43. The van der Waals surface area contributed by atoms with Crippen molar-refractivity contribution in [2.24, 2.45) is 0 Å². The smallest absolute Gasteiger partial charge is 0.0541 e. The molecule has 1 heterocycles. The number of para-hydroxylation sites is 1. The van der Waals surface area contributed by atoms with Crippen LogP contribution in [0.4, 0.5) is 0 Å². The van der Waals surface area contributed by atoms with Gasteiger partial charge in [-0.05, 0) is 133 Å². The van der Waals surface area contributed by atoms with Gasteiger partial charge in [-0.15, -0.1) is 0 Å².